The van der Waals surface area contributed by atoms with E-state index in [1.165, 1.54) is 5.56 Å². The Balaban J connectivity index is 1.49. The molecule has 0 spiro atoms. The topological polar surface area (TPSA) is 67.4 Å². The van der Waals surface area contributed by atoms with Crippen molar-refractivity contribution in [1.82, 2.24) is 5.32 Å². The molecule has 2 aromatic carbocycles. The molecule has 0 radical (unpaired) electrons. The van der Waals surface area contributed by atoms with Crippen LogP contribution in [0.2, 0.25) is 0 Å². The van der Waals surface area contributed by atoms with E-state index in [2.05, 4.69) is 22.8 Å². The molecule has 1 saturated carbocycles. The van der Waals surface area contributed by atoms with Gasteiger partial charge in [-0.15, -0.1) is 0 Å². The lowest BCUT2D eigenvalue weighted by atomic mass is 10.0. The van der Waals surface area contributed by atoms with Crippen molar-refractivity contribution in [2.24, 2.45) is 5.41 Å². The molecule has 1 fully saturated rings. The molecule has 3 rings (SSSR count). The number of aryl methyl sites for hydroxylation is 1. The highest BCUT2D eigenvalue weighted by Crippen LogP contribution is 2.46. The zero-order chi connectivity index (χ0) is 18.4. The van der Waals surface area contributed by atoms with Crippen LogP contribution < -0.4 is 15.4 Å². The minimum Gasteiger partial charge on any atom is -0.497 e. The number of rotatable bonds is 8. The summed E-state index contributed by atoms with van der Waals surface area (Å²) in [4.78, 5) is 25.1. The van der Waals surface area contributed by atoms with Gasteiger partial charge in [-0.25, -0.2) is 0 Å². The van der Waals surface area contributed by atoms with Gasteiger partial charge in [0.2, 0.25) is 11.8 Å². The van der Waals surface area contributed by atoms with Crippen LogP contribution in [-0.4, -0.2) is 25.5 Å². The Morgan fingerprint density at radius 3 is 2.50 bits per heavy atom. The number of carbonyl (C=O) groups excluding carboxylic acids is 2. The molecule has 136 valence electrons. The Labute approximate surface area is 153 Å². The predicted molar refractivity (Wildman–Crippen MR) is 101 cm³/mol. The molecule has 0 atom stereocenters. The van der Waals surface area contributed by atoms with Crippen LogP contribution in [0.5, 0.6) is 5.75 Å². The summed E-state index contributed by atoms with van der Waals surface area (Å²) in [5.41, 5.74) is 0.965. The Hall–Kier alpha value is -2.82. The van der Waals surface area contributed by atoms with Gasteiger partial charge in [-0.05, 0) is 43.4 Å². The molecule has 0 heterocycles. The fourth-order valence-electron chi connectivity index (χ4n) is 2.94. The predicted octanol–water partition coefficient (Wildman–Crippen LogP) is 3.16. The Kier molecular flexibility index (Phi) is 5.56. The smallest absolute Gasteiger partial charge is 0.240 e. The van der Waals surface area contributed by atoms with Gasteiger partial charge >= 0.3 is 0 Å². The Morgan fingerprint density at radius 2 is 1.81 bits per heavy atom. The zero-order valence-corrected chi connectivity index (χ0v) is 15.0. The number of benzene rings is 2. The zero-order valence-electron chi connectivity index (χ0n) is 15.0. The molecular formula is C21H24N2O3. The first-order chi connectivity index (χ1) is 12.6. The summed E-state index contributed by atoms with van der Waals surface area (Å²) in [5, 5.41) is 5.76. The maximum atomic E-state index is 12.6. The summed E-state index contributed by atoms with van der Waals surface area (Å²) in [7, 11) is 1.58. The quantitative estimate of drug-likeness (QED) is 0.566. The molecule has 2 aromatic rings. The molecular weight excluding hydrogens is 328 g/mol. The van der Waals surface area contributed by atoms with Crippen molar-refractivity contribution in [3.8, 4) is 5.75 Å². The van der Waals surface area contributed by atoms with Crippen LogP contribution in [0, 0.1) is 5.41 Å². The molecule has 0 saturated heterocycles. The third-order valence-corrected chi connectivity index (χ3v) is 4.72. The van der Waals surface area contributed by atoms with Gasteiger partial charge in [0.25, 0.3) is 0 Å². The summed E-state index contributed by atoms with van der Waals surface area (Å²) < 4.78 is 5.16. The maximum Gasteiger partial charge on any atom is 0.240 e. The van der Waals surface area contributed by atoms with E-state index in [0.717, 1.165) is 12.8 Å². The monoisotopic (exact) mass is 352 g/mol. The van der Waals surface area contributed by atoms with Crippen LogP contribution in [0.25, 0.3) is 0 Å². The van der Waals surface area contributed by atoms with Crippen molar-refractivity contribution in [1.29, 1.82) is 0 Å². The van der Waals surface area contributed by atoms with Gasteiger partial charge in [0, 0.05) is 18.3 Å². The third-order valence-electron chi connectivity index (χ3n) is 4.72. The van der Waals surface area contributed by atoms with Crippen molar-refractivity contribution < 1.29 is 14.3 Å². The molecule has 2 N–H and O–H groups in total. The lowest BCUT2D eigenvalue weighted by Crippen LogP contribution is -2.40. The number of nitrogens with one attached hydrogen (secondary N) is 2. The standard InChI is InChI=1S/C21H24N2O3/c1-26-18-11-5-10-17(15-18)23-20(25)21(12-13-21)19(24)22-14-6-9-16-7-3-2-4-8-16/h2-5,7-8,10-11,15H,6,9,12-14H2,1H3,(H,22,24)(H,23,25). The van der Waals surface area contributed by atoms with E-state index in [9.17, 15) is 9.59 Å². The average Bonchev–Trinajstić information content (AvgIpc) is 3.48. The fourth-order valence-corrected chi connectivity index (χ4v) is 2.94. The van der Waals surface area contributed by atoms with Crippen molar-refractivity contribution in [2.45, 2.75) is 25.7 Å². The third kappa shape index (κ3) is 4.23. The van der Waals surface area contributed by atoms with E-state index < -0.39 is 5.41 Å². The van der Waals surface area contributed by atoms with Gasteiger partial charge in [-0.3, -0.25) is 9.59 Å². The normalized spacial score (nSPS) is 14.3. The van der Waals surface area contributed by atoms with Gasteiger partial charge in [0.05, 0.1) is 7.11 Å². The second kappa shape index (κ2) is 8.04. The van der Waals surface area contributed by atoms with Crippen LogP contribution >= 0.6 is 0 Å². The van der Waals surface area contributed by atoms with Gasteiger partial charge in [-0.1, -0.05) is 36.4 Å². The number of methoxy groups -OCH3 is 1. The first kappa shape index (κ1) is 18.0. The number of ether oxygens (including phenoxy) is 1. The molecule has 0 aliphatic heterocycles. The minimum absolute atomic E-state index is 0.175. The van der Waals surface area contributed by atoms with Crippen molar-refractivity contribution >= 4 is 17.5 Å². The van der Waals surface area contributed by atoms with E-state index in [1.54, 1.807) is 25.3 Å². The average molecular weight is 352 g/mol. The largest absolute Gasteiger partial charge is 0.497 e. The number of carbonyl (C=O) groups is 2. The van der Waals surface area contributed by atoms with Crippen LogP contribution in [0.4, 0.5) is 5.69 Å². The van der Waals surface area contributed by atoms with E-state index in [1.807, 2.05) is 24.3 Å². The summed E-state index contributed by atoms with van der Waals surface area (Å²) >= 11 is 0. The highest BCUT2D eigenvalue weighted by atomic mass is 16.5. The molecule has 0 bridgehead atoms. The summed E-state index contributed by atoms with van der Waals surface area (Å²) in [6.45, 7) is 0.571. The number of amides is 2. The van der Waals surface area contributed by atoms with Crippen LogP contribution in [0.3, 0.4) is 0 Å². The highest BCUT2D eigenvalue weighted by Gasteiger charge is 2.56. The second-order valence-electron chi connectivity index (χ2n) is 6.61. The molecule has 26 heavy (non-hydrogen) atoms. The van der Waals surface area contributed by atoms with Gasteiger partial charge in [0.1, 0.15) is 11.2 Å². The van der Waals surface area contributed by atoms with E-state index in [-0.39, 0.29) is 11.8 Å². The van der Waals surface area contributed by atoms with Crippen molar-refractivity contribution in [2.75, 3.05) is 19.0 Å². The summed E-state index contributed by atoms with van der Waals surface area (Å²) in [5.74, 6) is 0.246. The SMILES string of the molecule is COc1cccc(NC(=O)C2(C(=O)NCCCc3ccccc3)CC2)c1. The van der Waals surface area contributed by atoms with Crippen LogP contribution in [0.15, 0.2) is 54.6 Å². The van der Waals surface area contributed by atoms with Crippen LogP contribution in [-0.2, 0) is 16.0 Å². The lowest BCUT2D eigenvalue weighted by Gasteiger charge is -2.16. The van der Waals surface area contributed by atoms with E-state index in [0.29, 0.717) is 30.8 Å². The Morgan fingerprint density at radius 1 is 1.04 bits per heavy atom. The van der Waals surface area contributed by atoms with Gasteiger partial charge in [0.15, 0.2) is 0 Å². The molecule has 1 aliphatic carbocycles. The molecule has 0 aromatic heterocycles. The highest BCUT2D eigenvalue weighted by molar-refractivity contribution is 6.13. The minimum atomic E-state index is -0.921. The molecule has 1 aliphatic rings. The second-order valence-corrected chi connectivity index (χ2v) is 6.61. The number of hydrogen-bond acceptors (Lipinski definition) is 3. The Bertz CT molecular complexity index is 770. The molecule has 5 heteroatoms. The van der Waals surface area contributed by atoms with Crippen LogP contribution in [0.1, 0.15) is 24.8 Å². The van der Waals surface area contributed by atoms with Crippen molar-refractivity contribution in [3.05, 3.63) is 60.2 Å². The fraction of sp³-hybridized carbons (Fsp3) is 0.333. The summed E-state index contributed by atoms with van der Waals surface area (Å²) in [6, 6.07) is 17.3. The molecule has 5 nitrogen and oxygen atoms in total. The lowest BCUT2D eigenvalue weighted by molar-refractivity contribution is -0.134. The molecule has 2 amide bonds. The number of hydrogen-bond donors (Lipinski definition) is 2. The number of anilines is 1. The van der Waals surface area contributed by atoms with Crippen molar-refractivity contribution in [3.63, 3.8) is 0 Å². The summed E-state index contributed by atoms with van der Waals surface area (Å²) in [6.07, 6.45) is 2.94. The molecule has 0 unspecified atom stereocenters. The first-order valence-electron chi connectivity index (χ1n) is 8.92. The first-order valence-corrected chi connectivity index (χ1v) is 8.92. The van der Waals surface area contributed by atoms with Gasteiger partial charge in [-0.2, -0.15) is 0 Å². The van der Waals surface area contributed by atoms with E-state index in [4.69, 9.17) is 4.74 Å². The maximum absolute atomic E-state index is 12.6. The van der Waals surface area contributed by atoms with Gasteiger partial charge < -0.3 is 15.4 Å². The van der Waals surface area contributed by atoms with E-state index >= 15 is 0 Å².